The molecule has 2 aromatic carbocycles. The van der Waals surface area contributed by atoms with Gasteiger partial charge in [0.05, 0.1) is 0 Å². The lowest BCUT2D eigenvalue weighted by Crippen LogP contribution is -2.38. The minimum absolute atomic E-state index is 0.0966. The predicted octanol–water partition coefficient (Wildman–Crippen LogP) is 4.65. The monoisotopic (exact) mass is 434 g/mol. The van der Waals surface area contributed by atoms with E-state index < -0.39 is 0 Å². The molecular formula is C26H32N3OS+. The number of unbranched alkanes of at least 4 members (excludes halogenated alkanes) is 2. The number of hydrogen-bond acceptors (Lipinski definition) is 3. The van der Waals surface area contributed by atoms with Crippen LogP contribution >= 0.6 is 11.8 Å². The molecule has 0 saturated carbocycles. The molecule has 0 aliphatic carbocycles. The van der Waals surface area contributed by atoms with Crippen LogP contribution in [0.25, 0.3) is 23.1 Å². The van der Waals surface area contributed by atoms with Gasteiger partial charge in [-0.1, -0.05) is 24.3 Å². The zero-order valence-electron chi connectivity index (χ0n) is 18.2. The van der Waals surface area contributed by atoms with Crippen molar-refractivity contribution < 1.29 is 9.36 Å². The number of amides is 1. The molecule has 0 bridgehead atoms. The van der Waals surface area contributed by atoms with E-state index in [1.165, 1.54) is 27.1 Å². The summed E-state index contributed by atoms with van der Waals surface area (Å²) in [5.74, 6) is 0.0966. The van der Waals surface area contributed by atoms with Crippen molar-refractivity contribution in [1.29, 1.82) is 0 Å². The summed E-state index contributed by atoms with van der Waals surface area (Å²) in [4.78, 5) is 13.0. The zero-order chi connectivity index (χ0) is 21.9. The Morgan fingerprint density at radius 3 is 2.58 bits per heavy atom. The van der Waals surface area contributed by atoms with Crippen molar-refractivity contribution in [2.24, 2.45) is 5.73 Å². The van der Waals surface area contributed by atoms with Gasteiger partial charge in [0.25, 0.3) is 0 Å². The Balaban J connectivity index is 1.69. The molecule has 3 rings (SSSR count). The van der Waals surface area contributed by atoms with Crippen LogP contribution in [0.2, 0.25) is 0 Å². The summed E-state index contributed by atoms with van der Waals surface area (Å²) in [6.45, 7) is 1.97. The second-order valence-electron chi connectivity index (χ2n) is 7.52. The molecule has 0 unspecified atom stereocenters. The Bertz CT molecular complexity index is 1010. The van der Waals surface area contributed by atoms with E-state index in [0.717, 1.165) is 25.8 Å². The van der Waals surface area contributed by atoms with E-state index in [9.17, 15) is 4.79 Å². The van der Waals surface area contributed by atoms with Crippen LogP contribution in [-0.4, -0.2) is 25.3 Å². The summed E-state index contributed by atoms with van der Waals surface area (Å²) in [5.41, 5.74) is 9.05. The minimum atomic E-state index is 0.0966. The molecule has 0 aliphatic rings. The van der Waals surface area contributed by atoms with Crippen molar-refractivity contribution in [2.75, 3.05) is 19.3 Å². The lowest BCUT2D eigenvalue weighted by molar-refractivity contribution is -0.673. The molecular weight excluding hydrogens is 402 g/mol. The molecule has 5 heteroatoms. The number of rotatable bonds is 11. The average Bonchev–Trinajstić information content (AvgIpc) is 2.81. The molecule has 1 aromatic heterocycles. The van der Waals surface area contributed by atoms with Crippen molar-refractivity contribution in [3.63, 3.8) is 0 Å². The van der Waals surface area contributed by atoms with Crippen LogP contribution in [0.1, 0.15) is 36.9 Å². The third-order valence-corrected chi connectivity index (χ3v) is 6.03. The van der Waals surface area contributed by atoms with Gasteiger partial charge in [-0.2, -0.15) is 4.57 Å². The molecule has 3 N–H and O–H groups in total. The number of fused-ring (bicyclic) bond motifs is 1. The molecule has 0 aliphatic heterocycles. The van der Waals surface area contributed by atoms with Crippen LogP contribution in [0.3, 0.4) is 0 Å². The Hall–Kier alpha value is -2.63. The van der Waals surface area contributed by atoms with Crippen molar-refractivity contribution in [1.82, 2.24) is 5.32 Å². The van der Waals surface area contributed by atoms with Crippen molar-refractivity contribution in [2.45, 2.75) is 37.1 Å². The van der Waals surface area contributed by atoms with Gasteiger partial charge in [-0.15, -0.1) is 11.8 Å². The number of aryl methyl sites for hydroxylation is 1. The largest absolute Gasteiger partial charge is 0.355 e. The summed E-state index contributed by atoms with van der Waals surface area (Å²) >= 11 is 1.76. The number of carbonyl (C=O) groups excluding carboxylic acids is 1. The Morgan fingerprint density at radius 1 is 1.00 bits per heavy atom. The van der Waals surface area contributed by atoms with Crippen molar-refractivity contribution >= 4 is 40.7 Å². The third-order valence-electron chi connectivity index (χ3n) is 5.29. The van der Waals surface area contributed by atoms with Crippen LogP contribution in [0.4, 0.5) is 0 Å². The van der Waals surface area contributed by atoms with E-state index in [4.69, 9.17) is 5.73 Å². The molecule has 0 saturated heterocycles. The number of thioether (sulfide) groups is 1. The molecule has 0 atom stereocenters. The fourth-order valence-corrected chi connectivity index (χ4v) is 4.01. The quantitative estimate of drug-likeness (QED) is 0.262. The molecule has 1 amide bonds. The van der Waals surface area contributed by atoms with Gasteiger partial charge < -0.3 is 11.1 Å². The Morgan fingerprint density at radius 2 is 1.81 bits per heavy atom. The lowest BCUT2D eigenvalue weighted by Gasteiger charge is -2.06. The molecule has 0 fully saturated rings. The first-order valence-electron chi connectivity index (χ1n) is 10.9. The summed E-state index contributed by atoms with van der Waals surface area (Å²) in [7, 11) is 0. The Labute approximate surface area is 189 Å². The highest BCUT2D eigenvalue weighted by molar-refractivity contribution is 7.98. The van der Waals surface area contributed by atoms with Gasteiger partial charge in [0.1, 0.15) is 6.54 Å². The SMILES string of the molecule is CSc1ccc(/C=C/c2ccc3ccccc3[n+]2CCCCCC(=O)NCCN)cc1. The maximum absolute atomic E-state index is 11.7. The Kier molecular flexibility index (Phi) is 9.13. The molecule has 3 aromatic rings. The second kappa shape index (κ2) is 12.3. The van der Waals surface area contributed by atoms with Gasteiger partial charge in [0.15, 0.2) is 0 Å². The van der Waals surface area contributed by atoms with Crippen molar-refractivity contribution in [3.05, 3.63) is 71.9 Å². The van der Waals surface area contributed by atoms with E-state index in [1.54, 1.807) is 11.8 Å². The second-order valence-corrected chi connectivity index (χ2v) is 8.40. The highest BCUT2D eigenvalue weighted by atomic mass is 32.2. The van der Waals surface area contributed by atoms with Crippen LogP contribution in [0, 0.1) is 0 Å². The number of nitrogens with zero attached hydrogens (tertiary/aromatic N) is 1. The molecule has 1 heterocycles. The first kappa shape index (κ1) is 23.0. The summed E-state index contributed by atoms with van der Waals surface area (Å²) in [5, 5.41) is 4.07. The van der Waals surface area contributed by atoms with E-state index in [1.807, 2.05) is 0 Å². The zero-order valence-corrected chi connectivity index (χ0v) is 19.0. The molecule has 162 valence electrons. The number of benzene rings is 2. The average molecular weight is 435 g/mol. The number of nitrogens with one attached hydrogen (secondary N) is 1. The van der Waals surface area contributed by atoms with E-state index in [0.29, 0.717) is 19.5 Å². The first-order chi connectivity index (χ1) is 15.2. The van der Waals surface area contributed by atoms with Gasteiger partial charge in [-0.25, -0.2) is 0 Å². The van der Waals surface area contributed by atoms with Gasteiger partial charge in [0, 0.05) is 54.4 Å². The number of aromatic nitrogens is 1. The fraction of sp³-hybridized carbons (Fsp3) is 0.308. The normalized spacial score (nSPS) is 11.3. The van der Waals surface area contributed by atoms with Crippen LogP contribution in [0.5, 0.6) is 0 Å². The lowest BCUT2D eigenvalue weighted by atomic mass is 10.1. The highest BCUT2D eigenvalue weighted by Crippen LogP contribution is 2.17. The first-order valence-corrected chi connectivity index (χ1v) is 12.1. The van der Waals surface area contributed by atoms with E-state index in [2.05, 4.69) is 89.0 Å². The highest BCUT2D eigenvalue weighted by Gasteiger charge is 2.13. The molecule has 0 spiro atoms. The molecule has 4 nitrogen and oxygen atoms in total. The molecule has 31 heavy (non-hydrogen) atoms. The van der Waals surface area contributed by atoms with Gasteiger partial charge in [-0.3, -0.25) is 4.79 Å². The maximum Gasteiger partial charge on any atom is 0.220 e. The number of para-hydroxylation sites is 1. The predicted molar refractivity (Wildman–Crippen MR) is 132 cm³/mol. The minimum Gasteiger partial charge on any atom is -0.355 e. The fourth-order valence-electron chi connectivity index (χ4n) is 3.60. The van der Waals surface area contributed by atoms with Gasteiger partial charge in [0.2, 0.25) is 17.1 Å². The number of nitrogens with two attached hydrogens (primary N) is 1. The topological polar surface area (TPSA) is 59.0 Å². The third kappa shape index (κ3) is 6.94. The number of hydrogen-bond donors (Lipinski definition) is 2. The van der Waals surface area contributed by atoms with Gasteiger partial charge >= 0.3 is 0 Å². The summed E-state index contributed by atoms with van der Waals surface area (Å²) < 4.78 is 2.39. The summed E-state index contributed by atoms with van der Waals surface area (Å²) in [6.07, 6.45) is 9.98. The summed E-state index contributed by atoms with van der Waals surface area (Å²) in [6, 6.07) is 21.5. The van der Waals surface area contributed by atoms with E-state index in [-0.39, 0.29) is 5.91 Å². The van der Waals surface area contributed by atoms with Crippen LogP contribution in [0.15, 0.2) is 65.6 Å². The van der Waals surface area contributed by atoms with Crippen molar-refractivity contribution in [3.8, 4) is 0 Å². The van der Waals surface area contributed by atoms with E-state index >= 15 is 0 Å². The smallest absolute Gasteiger partial charge is 0.220 e. The molecule has 0 radical (unpaired) electrons. The maximum atomic E-state index is 11.7. The van der Waals surface area contributed by atoms with Crippen LogP contribution < -0.4 is 15.6 Å². The van der Waals surface area contributed by atoms with Gasteiger partial charge in [-0.05, 0) is 55.0 Å². The standard InChI is InChI=1S/C26H31N3OS/c1-31-24-16-11-21(12-17-24)10-14-23-15-13-22-7-4-5-8-25(22)29(23)20-6-2-3-9-26(30)28-19-18-27/h4-5,7-8,10-17H,2-3,6,9,18-20,27H2,1H3/p+1/b14-10+. The number of carbonyl (C=O) groups is 1. The van der Waals surface area contributed by atoms with Crippen LogP contribution in [-0.2, 0) is 11.3 Å². The number of pyridine rings is 1.